The molecule has 0 amide bonds. The number of hydrogen-bond donors (Lipinski definition) is 1. The Labute approximate surface area is 165 Å². The highest BCUT2D eigenvalue weighted by Crippen LogP contribution is 2.33. The Hall–Kier alpha value is -2.95. The smallest absolute Gasteiger partial charge is 0.335 e. The lowest BCUT2D eigenvalue weighted by Crippen LogP contribution is -1.96. The third-order valence-electron chi connectivity index (χ3n) is 4.21. The first kappa shape index (κ1) is 17.5. The van der Waals surface area contributed by atoms with E-state index in [2.05, 4.69) is 0 Å². The highest BCUT2D eigenvalue weighted by molar-refractivity contribution is 7.13. The number of carbonyl (C=O) groups is 1. The van der Waals surface area contributed by atoms with E-state index >= 15 is 0 Å². The van der Waals surface area contributed by atoms with Gasteiger partial charge in [-0.3, -0.25) is 0 Å². The molecule has 4 aromatic rings. The first-order valence-electron chi connectivity index (χ1n) is 8.26. The van der Waals surface area contributed by atoms with Crippen LogP contribution in [0.15, 0.2) is 78.2 Å². The first-order chi connectivity index (χ1) is 13.1. The van der Waals surface area contributed by atoms with Crippen molar-refractivity contribution >= 4 is 28.9 Å². The van der Waals surface area contributed by atoms with Gasteiger partial charge in [-0.25, -0.2) is 9.78 Å². The quantitative estimate of drug-likeness (QED) is 0.432. The summed E-state index contributed by atoms with van der Waals surface area (Å²) in [5.74, 6) is -0.992. The van der Waals surface area contributed by atoms with Gasteiger partial charge in [0.05, 0.1) is 11.3 Å². The number of carboxylic acids is 1. The van der Waals surface area contributed by atoms with Crippen molar-refractivity contribution in [3.05, 3.63) is 88.8 Å². The lowest BCUT2D eigenvalue weighted by Gasteiger charge is -2.07. The minimum absolute atomic E-state index is 0.173. The molecule has 1 aromatic heterocycles. The first-order valence-corrected chi connectivity index (χ1v) is 9.52. The van der Waals surface area contributed by atoms with Gasteiger partial charge in [-0.1, -0.05) is 66.2 Å². The summed E-state index contributed by atoms with van der Waals surface area (Å²) in [6.07, 6.45) is 0. The maximum atomic E-state index is 11.1. The van der Waals surface area contributed by atoms with Crippen LogP contribution in [-0.2, 0) is 0 Å². The Morgan fingerprint density at radius 2 is 1.63 bits per heavy atom. The molecule has 1 N–H and O–H groups in total. The minimum Gasteiger partial charge on any atom is -0.478 e. The van der Waals surface area contributed by atoms with Crippen LogP contribution in [-0.4, -0.2) is 16.1 Å². The number of rotatable bonds is 4. The lowest BCUT2D eigenvalue weighted by molar-refractivity contribution is 0.0697. The molecule has 27 heavy (non-hydrogen) atoms. The number of hydrogen-bond acceptors (Lipinski definition) is 3. The van der Waals surface area contributed by atoms with Gasteiger partial charge in [-0.05, 0) is 23.8 Å². The van der Waals surface area contributed by atoms with Crippen molar-refractivity contribution in [1.82, 2.24) is 4.98 Å². The fourth-order valence-corrected chi connectivity index (χ4v) is 3.97. The maximum Gasteiger partial charge on any atom is 0.335 e. The van der Waals surface area contributed by atoms with E-state index in [0.717, 1.165) is 33.0 Å². The number of carboxylic acid groups (broad SMARTS) is 1. The predicted octanol–water partition coefficient (Wildman–Crippen LogP) is 6.50. The summed E-state index contributed by atoms with van der Waals surface area (Å²) in [5.41, 5.74) is 4.87. The van der Waals surface area contributed by atoms with Crippen LogP contribution in [0.4, 0.5) is 0 Å². The van der Waals surface area contributed by atoms with E-state index < -0.39 is 5.97 Å². The van der Waals surface area contributed by atoms with Crippen molar-refractivity contribution in [3.63, 3.8) is 0 Å². The Bertz CT molecular complexity index is 1120. The molecule has 0 fully saturated rings. The van der Waals surface area contributed by atoms with Crippen LogP contribution in [0.1, 0.15) is 10.4 Å². The summed E-state index contributed by atoms with van der Waals surface area (Å²) in [6.45, 7) is 0. The summed E-state index contributed by atoms with van der Waals surface area (Å²) in [7, 11) is 0. The van der Waals surface area contributed by atoms with Gasteiger partial charge in [0.25, 0.3) is 0 Å². The van der Waals surface area contributed by atoms with Gasteiger partial charge in [0.2, 0.25) is 0 Å². The molecule has 3 nitrogen and oxygen atoms in total. The topological polar surface area (TPSA) is 50.2 Å². The van der Waals surface area contributed by atoms with Gasteiger partial charge in [0.1, 0.15) is 5.01 Å². The predicted molar refractivity (Wildman–Crippen MR) is 110 cm³/mol. The molecule has 0 aliphatic heterocycles. The molecule has 132 valence electrons. The average Bonchev–Trinajstić information content (AvgIpc) is 3.19. The Morgan fingerprint density at radius 3 is 2.37 bits per heavy atom. The zero-order valence-electron chi connectivity index (χ0n) is 14.1. The Kier molecular flexibility index (Phi) is 4.75. The fourth-order valence-electron chi connectivity index (χ4n) is 2.85. The van der Waals surface area contributed by atoms with Crippen molar-refractivity contribution in [2.24, 2.45) is 0 Å². The molecular weight excluding hydrogens is 378 g/mol. The molecule has 0 spiro atoms. The lowest BCUT2D eigenvalue weighted by atomic mass is 10.0. The average molecular weight is 392 g/mol. The van der Waals surface area contributed by atoms with Crippen molar-refractivity contribution < 1.29 is 9.90 Å². The second-order valence-electron chi connectivity index (χ2n) is 5.98. The van der Waals surface area contributed by atoms with Crippen LogP contribution in [0.25, 0.3) is 33.0 Å². The molecule has 4 rings (SSSR count). The molecule has 0 radical (unpaired) electrons. The van der Waals surface area contributed by atoms with Crippen LogP contribution in [0.3, 0.4) is 0 Å². The van der Waals surface area contributed by atoms with Gasteiger partial charge in [-0.2, -0.15) is 0 Å². The number of nitrogens with zero attached hydrogens (tertiary/aromatic N) is 1. The van der Waals surface area contributed by atoms with E-state index in [1.807, 2.05) is 60.0 Å². The van der Waals surface area contributed by atoms with E-state index in [9.17, 15) is 4.79 Å². The number of benzene rings is 3. The standard InChI is InChI=1S/C22H14ClNO2S/c23-19-12-17(22(25)26)9-10-18(19)15-7-4-8-16(11-15)20-13-27-21(24-20)14-5-2-1-3-6-14/h1-13H,(H,25,26). The van der Waals surface area contributed by atoms with Crippen molar-refractivity contribution in [2.45, 2.75) is 0 Å². The zero-order chi connectivity index (χ0) is 18.8. The van der Waals surface area contributed by atoms with Crippen LogP contribution < -0.4 is 0 Å². The summed E-state index contributed by atoms with van der Waals surface area (Å²) in [4.78, 5) is 15.8. The second-order valence-corrected chi connectivity index (χ2v) is 7.25. The normalized spacial score (nSPS) is 10.7. The summed E-state index contributed by atoms with van der Waals surface area (Å²) in [5, 5.41) is 12.5. The molecule has 0 aliphatic rings. The molecule has 5 heteroatoms. The van der Waals surface area contributed by atoms with Gasteiger partial charge >= 0.3 is 5.97 Å². The van der Waals surface area contributed by atoms with Crippen molar-refractivity contribution in [1.29, 1.82) is 0 Å². The van der Waals surface area contributed by atoms with Gasteiger partial charge in [0.15, 0.2) is 0 Å². The molecule has 3 aromatic carbocycles. The Morgan fingerprint density at radius 1 is 0.889 bits per heavy atom. The zero-order valence-corrected chi connectivity index (χ0v) is 15.7. The molecule has 1 heterocycles. The van der Waals surface area contributed by atoms with E-state index in [-0.39, 0.29) is 5.56 Å². The van der Waals surface area contributed by atoms with E-state index in [0.29, 0.717) is 5.02 Å². The monoisotopic (exact) mass is 391 g/mol. The van der Waals surface area contributed by atoms with E-state index in [1.54, 1.807) is 23.5 Å². The van der Waals surface area contributed by atoms with Crippen LogP contribution in [0, 0.1) is 0 Å². The second kappa shape index (κ2) is 7.35. The van der Waals surface area contributed by atoms with Crippen LogP contribution in [0.5, 0.6) is 0 Å². The highest BCUT2D eigenvalue weighted by atomic mass is 35.5. The van der Waals surface area contributed by atoms with Crippen molar-refractivity contribution in [2.75, 3.05) is 0 Å². The van der Waals surface area contributed by atoms with Crippen molar-refractivity contribution in [3.8, 4) is 33.0 Å². The number of thiazole rings is 1. The largest absolute Gasteiger partial charge is 0.478 e. The molecule has 0 unspecified atom stereocenters. The number of halogens is 1. The SMILES string of the molecule is O=C(O)c1ccc(-c2cccc(-c3csc(-c4ccccc4)n3)c2)c(Cl)c1. The third kappa shape index (κ3) is 3.63. The maximum absolute atomic E-state index is 11.1. The molecule has 0 saturated carbocycles. The number of aromatic carboxylic acids is 1. The molecule has 0 saturated heterocycles. The summed E-state index contributed by atoms with van der Waals surface area (Å²) in [6, 6.07) is 22.8. The molecular formula is C22H14ClNO2S. The fraction of sp³-hybridized carbons (Fsp3) is 0. The third-order valence-corrected chi connectivity index (χ3v) is 5.41. The molecule has 0 bridgehead atoms. The van der Waals surface area contributed by atoms with Gasteiger partial charge < -0.3 is 5.11 Å². The van der Waals surface area contributed by atoms with Gasteiger partial charge in [-0.15, -0.1) is 11.3 Å². The summed E-state index contributed by atoms with van der Waals surface area (Å²) >= 11 is 7.92. The van der Waals surface area contributed by atoms with E-state index in [4.69, 9.17) is 21.7 Å². The highest BCUT2D eigenvalue weighted by Gasteiger charge is 2.11. The van der Waals surface area contributed by atoms with Gasteiger partial charge in [0, 0.05) is 27.1 Å². The summed E-state index contributed by atoms with van der Waals surface area (Å²) < 4.78 is 0. The minimum atomic E-state index is -0.992. The molecule has 0 atom stereocenters. The molecule has 0 aliphatic carbocycles. The van der Waals surface area contributed by atoms with Crippen LogP contribution >= 0.6 is 22.9 Å². The number of aromatic nitrogens is 1. The van der Waals surface area contributed by atoms with Crippen LogP contribution in [0.2, 0.25) is 5.02 Å². The van der Waals surface area contributed by atoms with E-state index in [1.165, 1.54) is 6.07 Å². The Balaban J connectivity index is 1.70.